The Morgan fingerprint density at radius 3 is 2.45 bits per heavy atom. The van der Waals surface area contributed by atoms with Crippen LogP contribution in [0.25, 0.3) is 22.3 Å². The molecule has 294 valence electrons. The zero-order chi connectivity index (χ0) is 39.8. The summed E-state index contributed by atoms with van der Waals surface area (Å²) < 4.78 is 18.4. The smallest absolute Gasteiger partial charge is 0.408 e. The van der Waals surface area contributed by atoms with Gasteiger partial charge in [-0.25, -0.2) is 19.6 Å². The van der Waals surface area contributed by atoms with E-state index in [2.05, 4.69) is 43.4 Å². The maximum absolute atomic E-state index is 14.6. The van der Waals surface area contributed by atoms with Gasteiger partial charge in [-0.2, -0.15) is 0 Å². The second-order valence-corrected chi connectivity index (χ2v) is 16.9. The summed E-state index contributed by atoms with van der Waals surface area (Å²) in [4.78, 5) is 76.6. The number of methoxy groups -OCH3 is 1. The normalized spacial score (nSPS) is 22.8. The van der Waals surface area contributed by atoms with Gasteiger partial charge in [0.15, 0.2) is 5.13 Å². The number of nitrogens with one attached hydrogen (secondary N) is 3. The first kappa shape index (κ1) is 39.9. The third-order valence-corrected chi connectivity index (χ3v) is 11.8. The predicted octanol–water partition coefficient (Wildman–Crippen LogP) is 5.67. The minimum Gasteiger partial charge on any atom is -0.495 e. The van der Waals surface area contributed by atoms with Crippen molar-refractivity contribution in [3.05, 3.63) is 40.7 Å². The van der Waals surface area contributed by atoms with Crippen LogP contribution in [0.2, 0.25) is 0 Å². The SMILES string of the molecule is C=C[C@@H]1C[C@]1(NC(=O)[C@@H]1C[C@@H](Oc2cc(-c3csc(NC(C)=O)n3)nc3c(Br)c(OC)ccc23)CN1C(=O)[C@@H](NC(=O)OC1CCCC1)C(C)(C)C)C(=O)O. The fraction of sp³-hybridized carbons (Fsp3) is 0.500. The largest absolute Gasteiger partial charge is 0.495 e. The van der Waals surface area contributed by atoms with Gasteiger partial charge in [0.25, 0.3) is 0 Å². The standard InChI is InChI=1S/C38H45BrN6O9S/c1-7-20-16-38(20,34(49)50)44-32(47)26-14-22(17-45(26)33(48)31(37(3,4)5)43-36(51)54-21-10-8-9-11-21)53-28-15-24(25-18-55-35(42-25)40-19(2)46)41-30-23(28)12-13-27(52-6)29(30)39/h7,12-13,15,18,20-22,26,31H,1,8-11,14,16-17H2,2-6H3,(H,43,51)(H,44,47)(H,49,50)(H,40,42,46)/t20-,22-,26+,31-,38-/m1/s1. The van der Waals surface area contributed by atoms with E-state index in [1.165, 1.54) is 36.3 Å². The van der Waals surface area contributed by atoms with E-state index in [4.69, 9.17) is 19.2 Å². The lowest BCUT2D eigenvalue weighted by Gasteiger charge is -2.35. The molecule has 1 aliphatic heterocycles. The summed E-state index contributed by atoms with van der Waals surface area (Å²) in [5, 5.41) is 21.0. The van der Waals surface area contributed by atoms with Crippen LogP contribution < -0.4 is 25.4 Å². The van der Waals surface area contributed by atoms with E-state index in [1.54, 1.807) is 44.4 Å². The molecule has 0 bridgehead atoms. The van der Waals surface area contributed by atoms with Gasteiger partial charge >= 0.3 is 12.1 Å². The van der Waals surface area contributed by atoms with Gasteiger partial charge in [-0.15, -0.1) is 17.9 Å². The summed E-state index contributed by atoms with van der Waals surface area (Å²) in [5.74, 6) is -2.25. The number of pyridine rings is 1. The van der Waals surface area contributed by atoms with Crippen molar-refractivity contribution in [3.63, 3.8) is 0 Å². The number of hydrogen-bond acceptors (Lipinski definition) is 11. The average molecular weight is 842 g/mol. The van der Waals surface area contributed by atoms with Crippen LogP contribution in [0.4, 0.5) is 9.93 Å². The molecule has 1 aromatic carbocycles. The number of nitrogens with zero attached hydrogens (tertiary/aromatic N) is 3. The molecule has 0 unspecified atom stereocenters. The van der Waals surface area contributed by atoms with Gasteiger partial charge in [-0.3, -0.25) is 14.4 Å². The van der Waals surface area contributed by atoms with Crippen molar-refractivity contribution >= 4 is 73.1 Å². The summed E-state index contributed by atoms with van der Waals surface area (Å²) in [6, 6.07) is 3.00. The fourth-order valence-electron chi connectivity index (χ4n) is 7.19. The number of likely N-dealkylation sites (tertiary alicyclic amines) is 1. The highest BCUT2D eigenvalue weighted by molar-refractivity contribution is 9.10. The molecule has 2 saturated carbocycles. The Morgan fingerprint density at radius 2 is 1.84 bits per heavy atom. The summed E-state index contributed by atoms with van der Waals surface area (Å²) >= 11 is 4.84. The van der Waals surface area contributed by atoms with Crippen molar-refractivity contribution in [2.24, 2.45) is 11.3 Å². The summed E-state index contributed by atoms with van der Waals surface area (Å²) in [6.45, 7) is 10.4. The van der Waals surface area contributed by atoms with Crippen molar-refractivity contribution in [2.75, 3.05) is 19.0 Å². The van der Waals surface area contributed by atoms with E-state index in [0.717, 1.165) is 25.7 Å². The number of fused-ring (bicyclic) bond motifs is 1. The van der Waals surface area contributed by atoms with Gasteiger partial charge in [0, 0.05) is 36.1 Å². The molecule has 2 aliphatic carbocycles. The number of aromatic nitrogens is 2. The van der Waals surface area contributed by atoms with Gasteiger partial charge in [0.2, 0.25) is 17.7 Å². The van der Waals surface area contributed by atoms with Crippen molar-refractivity contribution in [2.45, 2.75) is 96.1 Å². The lowest BCUT2D eigenvalue weighted by molar-refractivity contribution is -0.146. The van der Waals surface area contributed by atoms with Crippen LogP contribution in [0.5, 0.6) is 11.5 Å². The van der Waals surface area contributed by atoms with Crippen molar-refractivity contribution in [3.8, 4) is 22.9 Å². The number of carbonyl (C=O) groups excluding carboxylic acids is 4. The predicted molar refractivity (Wildman–Crippen MR) is 208 cm³/mol. The maximum Gasteiger partial charge on any atom is 0.408 e. The number of carbonyl (C=O) groups is 5. The minimum atomic E-state index is -1.54. The average Bonchev–Trinajstić information content (AvgIpc) is 3.53. The number of carboxylic acids is 1. The molecule has 55 heavy (non-hydrogen) atoms. The van der Waals surface area contributed by atoms with E-state index < -0.39 is 58.9 Å². The van der Waals surface area contributed by atoms with Gasteiger partial charge in [0.05, 0.1) is 29.3 Å². The number of hydrogen-bond donors (Lipinski definition) is 4. The van der Waals surface area contributed by atoms with Crippen LogP contribution in [-0.4, -0.2) is 93.2 Å². The molecule has 4 amide bonds. The summed E-state index contributed by atoms with van der Waals surface area (Å²) in [5.41, 5.74) is -0.950. The third-order valence-electron chi connectivity index (χ3n) is 10.2. The number of carboxylic acid groups (broad SMARTS) is 1. The monoisotopic (exact) mass is 840 g/mol. The number of thiazole rings is 1. The number of benzene rings is 1. The number of rotatable bonds is 12. The van der Waals surface area contributed by atoms with Crippen LogP contribution >= 0.6 is 27.3 Å². The Morgan fingerprint density at radius 1 is 1.11 bits per heavy atom. The van der Waals surface area contributed by atoms with E-state index in [1.807, 2.05) is 0 Å². The first-order valence-corrected chi connectivity index (χ1v) is 19.7. The Bertz CT molecular complexity index is 2030. The Balaban J connectivity index is 1.35. The second-order valence-electron chi connectivity index (χ2n) is 15.3. The number of ether oxygens (including phenoxy) is 3. The molecule has 17 heteroatoms. The quantitative estimate of drug-likeness (QED) is 0.164. The van der Waals surface area contributed by atoms with Gasteiger partial charge in [-0.1, -0.05) is 26.8 Å². The van der Waals surface area contributed by atoms with Crippen LogP contribution in [-0.2, 0) is 23.9 Å². The zero-order valence-corrected chi connectivity index (χ0v) is 33.7. The van der Waals surface area contributed by atoms with Crippen molar-refractivity contribution in [1.29, 1.82) is 0 Å². The molecule has 1 saturated heterocycles. The molecule has 3 aromatic rings. The van der Waals surface area contributed by atoms with Gasteiger partial charge in [0.1, 0.15) is 47.0 Å². The highest BCUT2D eigenvalue weighted by atomic mass is 79.9. The summed E-state index contributed by atoms with van der Waals surface area (Å²) in [7, 11) is 1.53. The number of amides is 4. The van der Waals surface area contributed by atoms with E-state index in [0.29, 0.717) is 43.4 Å². The molecule has 4 N–H and O–H groups in total. The van der Waals surface area contributed by atoms with Crippen LogP contribution in [0.15, 0.2) is 40.7 Å². The molecule has 3 fully saturated rings. The van der Waals surface area contributed by atoms with Gasteiger partial charge in [-0.05, 0) is 65.6 Å². The number of aliphatic carboxylic acids is 1. The number of alkyl carbamates (subject to hydrolysis) is 1. The maximum atomic E-state index is 14.6. The van der Waals surface area contributed by atoms with Crippen LogP contribution in [0, 0.1) is 11.3 Å². The van der Waals surface area contributed by atoms with Crippen molar-refractivity contribution in [1.82, 2.24) is 25.5 Å². The second kappa shape index (κ2) is 15.8. The van der Waals surface area contributed by atoms with Gasteiger partial charge < -0.3 is 40.2 Å². The molecule has 5 atom stereocenters. The third kappa shape index (κ3) is 8.42. The molecule has 3 heterocycles. The molecule has 6 rings (SSSR count). The van der Waals surface area contributed by atoms with E-state index in [-0.39, 0.29) is 31.4 Å². The molecule has 3 aliphatic rings. The molecular formula is C38H45BrN6O9S. The lowest BCUT2D eigenvalue weighted by atomic mass is 9.85. The molecule has 0 spiro atoms. The van der Waals surface area contributed by atoms with Crippen molar-refractivity contribution < 1.29 is 43.3 Å². The Labute approximate surface area is 330 Å². The number of anilines is 1. The topological polar surface area (TPSA) is 198 Å². The highest BCUT2D eigenvalue weighted by Crippen LogP contribution is 2.45. The first-order chi connectivity index (χ1) is 26.0. The van der Waals surface area contributed by atoms with E-state index in [9.17, 15) is 29.1 Å². The highest BCUT2D eigenvalue weighted by Gasteiger charge is 2.61. The Kier molecular flexibility index (Phi) is 11.4. The molecular weight excluding hydrogens is 796 g/mol. The fourth-order valence-corrected chi connectivity index (χ4v) is 8.54. The Hall–Kier alpha value is -4.77. The van der Waals surface area contributed by atoms with Crippen LogP contribution in [0.1, 0.15) is 66.2 Å². The lowest BCUT2D eigenvalue weighted by Crippen LogP contribution is -2.59. The minimum absolute atomic E-state index is 0.00919. The first-order valence-electron chi connectivity index (χ1n) is 18.1. The number of halogens is 1. The zero-order valence-electron chi connectivity index (χ0n) is 31.3. The molecule has 0 radical (unpaired) electrons. The molecule has 2 aromatic heterocycles. The summed E-state index contributed by atoms with van der Waals surface area (Å²) in [6.07, 6.45) is 3.37. The molecule has 15 nitrogen and oxygen atoms in total. The van der Waals surface area contributed by atoms with E-state index >= 15 is 0 Å². The van der Waals surface area contributed by atoms with Crippen LogP contribution in [0.3, 0.4) is 0 Å².